The van der Waals surface area contributed by atoms with Gasteiger partial charge in [0, 0.05) is 6.42 Å². The van der Waals surface area contributed by atoms with Crippen LogP contribution in [-0.2, 0) is 9.16 Å². The minimum Gasteiger partial charge on any atom is -0.411 e. The first-order valence-electron chi connectivity index (χ1n) is 9.00. The highest BCUT2D eigenvalue weighted by Crippen LogP contribution is 2.44. The Morgan fingerprint density at radius 2 is 2.11 bits per heavy atom. The van der Waals surface area contributed by atoms with Crippen LogP contribution in [0.3, 0.4) is 0 Å². The van der Waals surface area contributed by atoms with E-state index in [9.17, 15) is 9.50 Å². The molecule has 0 aliphatic carbocycles. The molecule has 0 saturated carbocycles. The summed E-state index contributed by atoms with van der Waals surface area (Å²) in [5.74, 6) is -0.0201. The summed E-state index contributed by atoms with van der Waals surface area (Å²) in [5.41, 5.74) is 5.44. The Labute approximate surface area is 159 Å². The highest BCUT2D eigenvalue weighted by Gasteiger charge is 2.51. The lowest BCUT2D eigenvalue weighted by molar-refractivity contribution is -0.112. The number of aliphatic hydroxyl groups is 1. The summed E-state index contributed by atoms with van der Waals surface area (Å²) in [6.07, 6.45) is 0.261. The Hall–Kier alpha value is -1.62. The maximum Gasteiger partial charge on any atom is 0.312 e. The van der Waals surface area contributed by atoms with Crippen molar-refractivity contribution in [3.05, 3.63) is 12.4 Å². The van der Waals surface area contributed by atoms with Gasteiger partial charge in [0.25, 0.3) is 0 Å². The molecule has 1 saturated heterocycles. The largest absolute Gasteiger partial charge is 0.411 e. The first kappa shape index (κ1) is 20.1. The second kappa shape index (κ2) is 6.47. The molecule has 3 rings (SSSR count). The first-order chi connectivity index (χ1) is 12.4. The maximum atomic E-state index is 13.6. The highest BCUT2D eigenvalue weighted by molar-refractivity contribution is 6.74. The van der Waals surface area contributed by atoms with Crippen molar-refractivity contribution in [3.8, 4) is 0 Å². The normalized spacial score (nSPS) is 26.8. The van der Waals surface area contributed by atoms with Crippen LogP contribution in [0.2, 0.25) is 18.1 Å². The molecular weight excluding hydrogens is 369 g/mol. The zero-order valence-corrected chi connectivity index (χ0v) is 17.7. The Bertz CT molecular complexity index is 853. The van der Waals surface area contributed by atoms with Gasteiger partial charge in [-0.15, -0.1) is 0 Å². The number of halogens is 1. The lowest BCUT2D eigenvalue weighted by atomic mass is 10.0. The van der Waals surface area contributed by atoms with Crippen LogP contribution in [0.1, 0.15) is 40.3 Å². The van der Waals surface area contributed by atoms with Crippen molar-refractivity contribution in [3.63, 3.8) is 0 Å². The van der Waals surface area contributed by atoms with E-state index in [4.69, 9.17) is 14.9 Å². The van der Waals surface area contributed by atoms with Gasteiger partial charge in [0.05, 0.1) is 19.0 Å². The van der Waals surface area contributed by atoms with E-state index >= 15 is 0 Å². The number of nitrogen functional groups attached to an aromatic ring is 1. The van der Waals surface area contributed by atoms with Crippen molar-refractivity contribution in [2.24, 2.45) is 0 Å². The zero-order chi connectivity index (χ0) is 20.2. The number of aliphatic hydroxyl groups excluding tert-OH is 1. The van der Waals surface area contributed by atoms with Gasteiger partial charge in [-0.05, 0) is 25.1 Å². The van der Waals surface area contributed by atoms with Gasteiger partial charge in [-0.1, -0.05) is 20.8 Å². The van der Waals surface area contributed by atoms with E-state index in [1.54, 1.807) is 4.57 Å². The van der Waals surface area contributed by atoms with E-state index < -0.39 is 26.2 Å². The molecule has 3 N–H and O–H groups in total. The summed E-state index contributed by atoms with van der Waals surface area (Å²) < 4.78 is 28.0. The lowest BCUT2D eigenvalue weighted by Crippen LogP contribution is -2.50. The van der Waals surface area contributed by atoms with Crippen LogP contribution in [0, 0.1) is 6.08 Å². The second-order valence-electron chi connectivity index (χ2n) is 8.85. The number of imidazole rings is 1. The minimum atomic E-state index is -2.08. The fraction of sp³-hybridized carbons (Fsp3) is 0.706. The molecule has 10 heteroatoms. The molecule has 8 nitrogen and oxygen atoms in total. The average Bonchev–Trinajstić information content (AvgIpc) is 3.08. The molecule has 2 aromatic heterocycles. The molecule has 0 spiro atoms. The van der Waals surface area contributed by atoms with Crippen LogP contribution in [-0.4, -0.2) is 51.3 Å². The van der Waals surface area contributed by atoms with Crippen LogP contribution in [0.25, 0.3) is 11.2 Å². The van der Waals surface area contributed by atoms with Gasteiger partial charge in [-0.2, -0.15) is 14.4 Å². The number of rotatable bonds is 4. The molecule has 0 radical (unpaired) electrons. The Morgan fingerprint density at radius 1 is 1.44 bits per heavy atom. The standard InChI is InChI=1S/C17H28FN5O3Si/c1-16(2,3)27(5,6)26-10-7-11(25-17(10,4)8-24)23-9-20-12-13(19)21-15(18)22-14(12)23/h9-11,24H,7-8H2,1-6H3,(H2,19,21,22)/t10?,11-,17-/m1/s1. The maximum absolute atomic E-state index is 13.6. The summed E-state index contributed by atoms with van der Waals surface area (Å²) >= 11 is 0. The van der Waals surface area contributed by atoms with Crippen LogP contribution in [0.15, 0.2) is 6.33 Å². The SMILES string of the molecule is CC(C)(C)[Si](C)(C)OC1C[C@H](n2cnc3c(N)nc(F)nc32)O[C@]1(C)CO. The Kier molecular flexibility index (Phi) is 4.82. The number of nitrogens with zero attached hydrogens (tertiary/aromatic N) is 4. The third-order valence-corrected chi connectivity index (χ3v) is 10.3. The Morgan fingerprint density at radius 3 is 2.70 bits per heavy atom. The molecular formula is C17H28FN5O3Si. The third kappa shape index (κ3) is 3.46. The average molecular weight is 398 g/mol. The van der Waals surface area contributed by atoms with Crippen molar-refractivity contribution in [1.82, 2.24) is 19.5 Å². The van der Waals surface area contributed by atoms with Crippen LogP contribution in [0.5, 0.6) is 0 Å². The van der Waals surface area contributed by atoms with E-state index in [0.717, 1.165) is 0 Å². The fourth-order valence-corrected chi connectivity index (χ4v) is 4.41. The smallest absolute Gasteiger partial charge is 0.312 e. The lowest BCUT2D eigenvalue weighted by Gasteiger charge is -2.41. The van der Waals surface area contributed by atoms with Gasteiger partial charge in [-0.25, -0.2) is 4.98 Å². The van der Waals surface area contributed by atoms with E-state index in [1.165, 1.54) is 6.33 Å². The van der Waals surface area contributed by atoms with Gasteiger partial charge in [0.15, 0.2) is 25.3 Å². The number of hydrogen-bond donors (Lipinski definition) is 2. The van der Waals surface area contributed by atoms with Gasteiger partial charge in [0.1, 0.15) is 11.8 Å². The number of hydrogen-bond acceptors (Lipinski definition) is 7. The molecule has 1 aliphatic heterocycles. The number of anilines is 1. The number of fused-ring (bicyclic) bond motifs is 1. The van der Waals surface area contributed by atoms with E-state index in [-0.39, 0.29) is 29.2 Å². The molecule has 2 aromatic rings. The highest BCUT2D eigenvalue weighted by atomic mass is 28.4. The predicted octanol–water partition coefficient (Wildman–Crippen LogP) is 2.61. The topological polar surface area (TPSA) is 108 Å². The fourth-order valence-electron chi connectivity index (χ4n) is 3.00. The van der Waals surface area contributed by atoms with E-state index in [2.05, 4.69) is 48.8 Å². The predicted molar refractivity (Wildman–Crippen MR) is 102 cm³/mol. The molecule has 0 amide bonds. The third-order valence-electron chi connectivity index (χ3n) is 5.79. The molecule has 0 bridgehead atoms. The molecule has 1 unspecified atom stereocenters. The summed E-state index contributed by atoms with van der Waals surface area (Å²) in [7, 11) is -2.08. The monoisotopic (exact) mass is 397 g/mol. The second-order valence-corrected chi connectivity index (χ2v) is 13.6. The Balaban J connectivity index is 1.94. The summed E-state index contributed by atoms with van der Waals surface area (Å²) in [5, 5.41) is 10.0. The van der Waals surface area contributed by atoms with Crippen LogP contribution >= 0.6 is 0 Å². The minimum absolute atomic E-state index is 0.0201. The molecule has 1 fully saturated rings. The molecule has 0 aromatic carbocycles. The molecule has 3 heterocycles. The van der Waals surface area contributed by atoms with Crippen molar-refractivity contribution in [2.45, 2.75) is 70.2 Å². The summed E-state index contributed by atoms with van der Waals surface area (Å²) in [6.45, 7) is 12.4. The van der Waals surface area contributed by atoms with Crippen LogP contribution in [0.4, 0.5) is 10.2 Å². The summed E-state index contributed by atoms with van der Waals surface area (Å²) in [6, 6.07) is 0. The van der Waals surface area contributed by atoms with E-state index in [0.29, 0.717) is 11.9 Å². The number of aromatic nitrogens is 4. The van der Waals surface area contributed by atoms with Gasteiger partial charge < -0.3 is 20.0 Å². The van der Waals surface area contributed by atoms with Gasteiger partial charge in [-0.3, -0.25) is 4.57 Å². The van der Waals surface area contributed by atoms with Crippen molar-refractivity contribution >= 4 is 25.3 Å². The van der Waals surface area contributed by atoms with Crippen molar-refractivity contribution in [1.29, 1.82) is 0 Å². The number of nitrogens with two attached hydrogens (primary N) is 1. The quantitative estimate of drug-likeness (QED) is 0.603. The molecule has 3 atom stereocenters. The first-order valence-corrected chi connectivity index (χ1v) is 11.9. The summed E-state index contributed by atoms with van der Waals surface area (Å²) in [4.78, 5) is 11.5. The van der Waals surface area contributed by atoms with Crippen LogP contribution < -0.4 is 5.73 Å². The van der Waals surface area contributed by atoms with Crippen molar-refractivity contribution in [2.75, 3.05) is 12.3 Å². The molecule has 1 aliphatic rings. The number of ether oxygens (including phenoxy) is 1. The van der Waals surface area contributed by atoms with E-state index in [1.807, 2.05) is 6.92 Å². The van der Waals surface area contributed by atoms with Gasteiger partial charge >= 0.3 is 6.08 Å². The molecule has 150 valence electrons. The van der Waals surface area contributed by atoms with Gasteiger partial charge in [0.2, 0.25) is 0 Å². The zero-order valence-electron chi connectivity index (χ0n) is 16.7. The molecule has 27 heavy (non-hydrogen) atoms. The van der Waals surface area contributed by atoms with Crippen molar-refractivity contribution < 1.29 is 18.7 Å².